The molecule has 2 aromatic rings. The van der Waals surface area contributed by atoms with Gasteiger partial charge in [-0.25, -0.2) is 0 Å². The second-order valence-corrected chi connectivity index (χ2v) is 7.33. The van der Waals surface area contributed by atoms with E-state index in [9.17, 15) is 9.59 Å². The fourth-order valence-corrected chi connectivity index (χ4v) is 3.95. The Hall–Kier alpha value is -2.69. The number of carbonyl (C=O) groups excluding carboxylic acids is 2. The molecular formula is C21H23N3O2. The first-order valence-electron chi connectivity index (χ1n) is 9.18. The first-order chi connectivity index (χ1) is 12.6. The van der Waals surface area contributed by atoms with Crippen molar-refractivity contribution in [3.8, 4) is 0 Å². The maximum Gasteiger partial charge on any atom is 0.251 e. The summed E-state index contributed by atoms with van der Waals surface area (Å²) in [6.07, 6.45) is 6.29. The van der Waals surface area contributed by atoms with Gasteiger partial charge in [0.05, 0.1) is 0 Å². The standard InChI is InChI=1S/C21H23N3O2/c1-24-17-8-6-16(13-15(17)7-9-19(24)25)20(26)23-14-21(10-4-11-21)18-5-2-3-12-22-18/h2-3,5-6,8,12-13H,4,7,9-11,14H2,1H3,(H,23,26). The zero-order chi connectivity index (χ0) is 18.1. The molecule has 134 valence electrons. The molecule has 0 atom stereocenters. The molecule has 0 saturated heterocycles. The van der Waals surface area contributed by atoms with Crippen LogP contribution in [0.4, 0.5) is 5.69 Å². The Kier molecular flexibility index (Phi) is 4.23. The lowest BCUT2D eigenvalue weighted by Gasteiger charge is -2.41. The van der Waals surface area contributed by atoms with Gasteiger partial charge in [-0.2, -0.15) is 0 Å². The Morgan fingerprint density at radius 3 is 2.77 bits per heavy atom. The number of aryl methyl sites for hydroxylation is 1. The molecule has 2 aliphatic rings. The molecule has 1 fully saturated rings. The number of nitrogens with zero attached hydrogens (tertiary/aromatic N) is 2. The Morgan fingerprint density at radius 1 is 1.23 bits per heavy atom. The van der Waals surface area contributed by atoms with Crippen LogP contribution in [0.2, 0.25) is 0 Å². The van der Waals surface area contributed by atoms with Gasteiger partial charge in [0.2, 0.25) is 5.91 Å². The predicted octanol–water partition coefficient (Wildman–Crippen LogP) is 2.84. The summed E-state index contributed by atoms with van der Waals surface area (Å²) < 4.78 is 0. The molecule has 1 aromatic heterocycles. The van der Waals surface area contributed by atoms with Gasteiger partial charge in [-0.15, -0.1) is 0 Å². The summed E-state index contributed by atoms with van der Waals surface area (Å²) in [5.74, 6) is 0.0616. The number of nitrogens with one attached hydrogen (secondary N) is 1. The molecule has 2 amide bonds. The van der Waals surface area contributed by atoms with Gasteiger partial charge in [-0.1, -0.05) is 12.5 Å². The number of hydrogen-bond donors (Lipinski definition) is 1. The van der Waals surface area contributed by atoms with Gasteiger partial charge in [0.25, 0.3) is 5.91 Å². The summed E-state index contributed by atoms with van der Waals surface area (Å²) in [6.45, 7) is 0.609. The quantitative estimate of drug-likeness (QED) is 0.923. The number of anilines is 1. The van der Waals surface area contributed by atoms with Crippen LogP contribution in [0, 0.1) is 0 Å². The molecule has 2 heterocycles. The number of hydrogen-bond acceptors (Lipinski definition) is 3. The van der Waals surface area contributed by atoms with E-state index in [1.54, 1.807) is 18.0 Å². The summed E-state index contributed by atoms with van der Waals surface area (Å²) in [6, 6.07) is 11.6. The predicted molar refractivity (Wildman–Crippen MR) is 100 cm³/mol. The number of amides is 2. The second-order valence-electron chi connectivity index (χ2n) is 7.33. The molecule has 1 aliphatic heterocycles. The highest BCUT2D eigenvalue weighted by molar-refractivity contribution is 5.99. The average molecular weight is 349 g/mol. The minimum Gasteiger partial charge on any atom is -0.351 e. The third kappa shape index (κ3) is 2.87. The second kappa shape index (κ2) is 6.56. The molecule has 1 aromatic carbocycles. The molecule has 5 heteroatoms. The topological polar surface area (TPSA) is 62.3 Å². The van der Waals surface area contributed by atoms with E-state index in [2.05, 4.69) is 16.4 Å². The van der Waals surface area contributed by atoms with Gasteiger partial charge >= 0.3 is 0 Å². The van der Waals surface area contributed by atoms with Gasteiger partial charge in [0, 0.05) is 48.6 Å². The van der Waals surface area contributed by atoms with E-state index in [1.807, 2.05) is 30.5 Å². The lowest BCUT2D eigenvalue weighted by atomic mass is 9.66. The van der Waals surface area contributed by atoms with E-state index >= 15 is 0 Å². The normalized spacial score (nSPS) is 18.0. The molecule has 1 aliphatic carbocycles. The van der Waals surface area contributed by atoms with Crippen molar-refractivity contribution in [1.82, 2.24) is 10.3 Å². The zero-order valence-corrected chi connectivity index (χ0v) is 15.0. The zero-order valence-electron chi connectivity index (χ0n) is 15.0. The van der Waals surface area contributed by atoms with E-state index in [4.69, 9.17) is 0 Å². The summed E-state index contributed by atoms with van der Waals surface area (Å²) in [4.78, 5) is 30.7. The molecule has 4 rings (SSSR count). The van der Waals surface area contributed by atoms with E-state index in [0.29, 0.717) is 24.9 Å². The van der Waals surface area contributed by atoms with Gasteiger partial charge in [0.1, 0.15) is 0 Å². The van der Waals surface area contributed by atoms with Crippen LogP contribution < -0.4 is 10.2 Å². The van der Waals surface area contributed by atoms with Crippen LogP contribution in [0.3, 0.4) is 0 Å². The Morgan fingerprint density at radius 2 is 2.08 bits per heavy atom. The first-order valence-corrected chi connectivity index (χ1v) is 9.18. The van der Waals surface area contributed by atoms with E-state index < -0.39 is 0 Å². The van der Waals surface area contributed by atoms with Crippen molar-refractivity contribution >= 4 is 17.5 Å². The number of benzene rings is 1. The number of rotatable bonds is 4. The summed E-state index contributed by atoms with van der Waals surface area (Å²) >= 11 is 0. The lowest BCUT2D eigenvalue weighted by Crippen LogP contribution is -2.46. The van der Waals surface area contributed by atoms with E-state index in [1.165, 1.54) is 6.42 Å². The molecule has 1 N–H and O–H groups in total. The van der Waals surface area contributed by atoms with Gasteiger partial charge in [-0.3, -0.25) is 14.6 Å². The van der Waals surface area contributed by atoms with Crippen LogP contribution >= 0.6 is 0 Å². The van der Waals surface area contributed by atoms with Crippen molar-refractivity contribution < 1.29 is 9.59 Å². The lowest BCUT2D eigenvalue weighted by molar-refractivity contribution is -0.118. The summed E-state index contributed by atoms with van der Waals surface area (Å²) in [5, 5.41) is 3.11. The SMILES string of the molecule is CN1C(=O)CCc2cc(C(=O)NCC3(c4ccccn4)CCC3)ccc21. The molecule has 26 heavy (non-hydrogen) atoms. The Balaban J connectivity index is 1.48. The highest BCUT2D eigenvalue weighted by Crippen LogP contribution is 2.42. The monoisotopic (exact) mass is 349 g/mol. The number of fused-ring (bicyclic) bond motifs is 1. The molecule has 0 unspecified atom stereocenters. The van der Waals surface area contributed by atoms with Crippen molar-refractivity contribution in [2.75, 3.05) is 18.5 Å². The highest BCUT2D eigenvalue weighted by Gasteiger charge is 2.40. The average Bonchev–Trinajstić information content (AvgIpc) is 2.64. The third-order valence-corrected chi connectivity index (χ3v) is 5.79. The van der Waals surface area contributed by atoms with Crippen LogP contribution in [-0.4, -0.2) is 30.4 Å². The summed E-state index contributed by atoms with van der Waals surface area (Å²) in [7, 11) is 1.79. The third-order valence-electron chi connectivity index (χ3n) is 5.79. The number of pyridine rings is 1. The summed E-state index contributed by atoms with van der Waals surface area (Å²) in [5.41, 5.74) is 3.65. The smallest absolute Gasteiger partial charge is 0.251 e. The minimum atomic E-state index is -0.0606. The van der Waals surface area contributed by atoms with Gasteiger partial charge in [-0.05, 0) is 55.2 Å². The van der Waals surface area contributed by atoms with Crippen molar-refractivity contribution in [2.24, 2.45) is 0 Å². The van der Waals surface area contributed by atoms with Gasteiger partial charge < -0.3 is 10.2 Å². The van der Waals surface area contributed by atoms with E-state index in [0.717, 1.165) is 29.8 Å². The molecular weight excluding hydrogens is 326 g/mol. The van der Waals surface area contributed by atoms with Crippen molar-refractivity contribution in [3.63, 3.8) is 0 Å². The fraction of sp³-hybridized carbons (Fsp3) is 0.381. The van der Waals surface area contributed by atoms with Crippen LogP contribution in [0.5, 0.6) is 0 Å². The van der Waals surface area contributed by atoms with Crippen LogP contribution in [0.25, 0.3) is 0 Å². The first kappa shape index (κ1) is 16.8. The van der Waals surface area contributed by atoms with E-state index in [-0.39, 0.29) is 17.2 Å². The van der Waals surface area contributed by atoms with Crippen LogP contribution in [0.1, 0.15) is 47.3 Å². The van der Waals surface area contributed by atoms with Crippen molar-refractivity contribution in [3.05, 3.63) is 59.4 Å². The van der Waals surface area contributed by atoms with Crippen LogP contribution in [-0.2, 0) is 16.6 Å². The minimum absolute atomic E-state index is 0.0300. The maximum atomic E-state index is 12.7. The molecule has 1 saturated carbocycles. The van der Waals surface area contributed by atoms with Gasteiger partial charge in [0.15, 0.2) is 0 Å². The Bertz CT molecular complexity index is 844. The number of aromatic nitrogens is 1. The largest absolute Gasteiger partial charge is 0.351 e. The van der Waals surface area contributed by atoms with Crippen molar-refractivity contribution in [1.29, 1.82) is 0 Å². The molecule has 5 nitrogen and oxygen atoms in total. The molecule has 0 spiro atoms. The Labute approximate surface area is 153 Å². The highest BCUT2D eigenvalue weighted by atomic mass is 16.2. The molecule has 0 radical (unpaired) electrons. The van der Waals surface area contributed by atoms with Crippen LogP contribution in [0.15, 0.2) is 42.6 Å². The number of carbonyl (C=O) groups is 2. The molecule has 0 bridgehead atoms. The van der Waals surface area contributed by atoms with Crippen molar-refractivity contribution in [2.45, 2.75) is 37.5 Å². The maximum absolute atomic E-state index is 12.7. The fourth-order valence-electron chi connectivity index (χ4n) is 3.95.